The molecule has 0 bridgehead atoms. The summed E-state index contributed by atoms with van der Waals surface area (Å²) in [5.74, 6) is 0.674. The Bertz CT molecular complexity index is 547. The number of para-hydroxylation sites is 1. The van der Waals surface area contributed by atoms with Gasteiger partial charge in [0.05, 0.1) is 19.0 Å². The number of hydrogen-bond acceptors (Lipinski definition) is 4. The number of halogens is 2. The van der Waals surface area contributed by atoms with Crippen molar-refractivity contribution in [3.63, 3.8) is 0 Å². The molecule has 2 rings (SSSR count). The minimum absolute atomic E-state index is 0.163. The first-order valence-corrected chi connectivity index (χ1v) is 5.95. The quantitative estimate of drug-likeness (QED) is 0.881. The van der Waals surface area contributed by atoms with E-state index in [0.717, 1.165) is 5.69 Å². The number of aromatic nitrogens is 1. The maximum Gasteiger partial charge on any atom is 0.387 e. The van der Waals surface area contributed by atoms with E-state index >= 15 is 0 Å². The number of ether oxygens (including phenoxy) is 2. The van der Waals surface area contributed by atoms with Crippen LogP contribution in [0.4, 0.5) is 14.5 Å². The predicted octanol–water partition coefficient (Wildman–Crippen LogP) is 3.30. The second-order valence-corrected chi connectivity index (χ2v) is 3.93. The molecule has 0 saturated heterocycles. The van der Waals surface area contributed by atoms with Crippen molar-refractivity contribution in [3.8, 4) is 11.6 Å². The van der Waals surface area contributed by atoms with Crippen molar-refractivity contribution in [1.82, 2.24) is 4.98 Å². The molecular weight excluding hydrogens is 266 g/mol. The Labute approximate surface area is 115 Å². The normalized spacial score (nSPS) is 10.4. The number of rotatable bonds is 6. The van der Waals surface area contributed by atoms with E-state index in [0.29, 0.717) is 18.0 Å². The zero-order chi connectivity index (χ0) is 14.4. The Morgan fingerprint density at radius 1 is 1.20 bits per heavy atom. The summed E-state index contributed by atoms with van der Waals surface area (Å²) in [5.41, 5.74) is 1.40. The van der Waals surface area contributed by atoms with Crippen LogP contribution in [0.2, 0.25) is 0 Å². The molecule has 106 valence electrons. The third-order valence-corrected chi connectivity index (χ3v) is 2.62. The molecule has 0 radical (unpaired) electrons. The standard InChI is InChI=1S/C14H14F2N2O2/c1-19-13-7-6-11(9-18-13)17-8-10-4-2-3-5-12(10)20-14(15)16/h2-7,9,14,17H,8H2,1H3. The van der Waals surface area contributed by atoms with E-state index in [2.05, 4.69) is 15.0 Å². The van der Waals surface area contributed by atoms with Crippen LogP contribution in [0.5, 0.6) is 11.6 Å². The van der Waals surface area contributed by atoms with Gasteiger partial charge in [-0.2, -0.15) is 8.78 Å². The average Bonchev–Trinajstić information content (AvgIpc) is 2.46. The Balaban J connectivity index is 2.02. The monoisotopic (exact) mass is 280 g/mol. The SMILES string of the molecule is COc1ccc(NCc2ccccc2OC(F)F)cn1. The van der Waals surface area contributed by atoms with Crippen molar-refractivity contribution in [1.29, 1.82) is 0 Å². The van der Waals surface area contributed by atoms with Gasteiger partial charge in [0.25, 0.3) is 0 Å². The predicted molar refractivity (Wildman–Crippen MR) is 71.2 cm³/mol. The number of hydrogen-bond donors (Lipinski definition) is 1. The first-order chi connectivity index (χ1) is 9.69. The van der Waals surface area contributed by atoms with E-state index in [1.165, 1.54) is 13.2 Å². The average molecular weight is 280 g/mol. The van der Waals surface area contributed by atoms with Crippen molar-refractivity contribution < 1.29 is 18.3 Å². The van der Waals surface area contributed by atoms with Gasteiger partial charge in [0.1, 0.15) is 5.75 Å². The lowest BCUT2D eigenvalue weighted by atomic mass is 10.2. The van der Waals surface area contributed by atoms with Crippen LogP contribution >= 0.6 is 0 Å². The molecule has 0 unspecified atom stereocenters. The van der Waals surface area contributed by atoms with Gasteiger partial charge in [-0.15, -0.1) is 0 Å². The molecule has 0 aliphatic rings. The second kappa shape index (κ2) is 6.70. The summed E-state index contributed by atoms with van der Waals surface area (Å²) in [6, 6.07) is 10.2. The lowest BCUT2D eigenvalue weighted by molar-refractivity contribution is -0.0504. The minimum atomic E-state index is -2.83. The number of alkyl halides is 2. The zero-order valence-electron chi connectivity index (χ0n) is 10.8. The second-order valence-electron chi connectivity index (χ2n) is 3.93. The number of benzene rings is 1. The van der Waals surface area contributed by atoms with Crippen LogP contribution in [0, 0.1) is 0 Å². The largest absolute Gasteiger partial charge is 0.481 e. The Kier molecular flexibility index (Phi) is 4.70. The maximum absolute atomic E-state index is 12.3. The van der Waals surface area contributed by atoms with Crippen LogP contribution in [0.3, 0.4) is 0 Å². The molecule has 20 heavy (non-hydrogen) atoms. The van der Waals surface area contributed by atoms with E-state index < -0.39 is 6.61 Å². The molecule has 1 N–H and O–H groups in total. The molecule has 0 fully saturated rings. The summed E-state index contributed by atoms with van der Waals surface area (Å²) in [6.07, 6.45) is 1.61. The van der Waals surface area contributed by atoms with Crippen molar-refractivity contribution in [2.75, 3.05) is 12.4 Å². The number of pyridine rings is 1. The van der Waals surface area contributed by atoms with Gasteiger partial charge in [0.15, 0.2) is 0 Å². The molecule has 0 atom stereocenters. The molecule has 0 aliphatic carbocycles. The van der Waals surface area contributed by atoms with Gasteiger partial charge in [-0.3, -0.25) is 0 Å². The summed E-state index contributed by atoms with van der Waals surface area (Å²) >= 11 is 0. The van der Waals surface area contributed by atoms with Crippen LogP contribution in [-0.2, 0) is 6.54 Å². The molecule has 1 heterocycles. The van der Waals surface area contributed by atoms with E-state index in [-0.39, 0.29) is 5.75 Å². The van der Waals surface area contributed by atoms with Crippen LogP contribution in [0.1, 0.15) is 5.56 Å². The topological polar surface area (TPSA) is 43.4 Å². The molecule has 1 aromatic carbocycles. The molecule has 0 spiro atoms. The van der Waals surface area contributed by atoms with Gasteiger partial charge in [-0.1, -0.05) is 18.2 Å². The highest BCUT2D eigenvalue weighted by Crippen LogP contribution is 2.21. The van der Waals surface area contributed by atoms with E-state index in [1.807, 2.05) is 0 Å². The van der Waals surface area contributed by atoms with Crippen LogP contribution in [-0.4, -0.2) is 18.7 Å². The first-order valence-electron chi connectivity index (χ1n) is 5.95. The van der Waals surface area contributed by atoms with Crippen molar-refractivity contribution >= 4 is 5.69 Å². The molecule has 0 amide bonds. The fraction of sp³-hybridized carbons (Fsp3) is 0.214. The van der Waals surface area contributed by atoms with Crippen molar-refractivity contribution in [2.45, 2.75) is 13.2 Å². The van der Waals surface area contributed by atoms with Gasteiger partial charge in [-0.25, -0.2) is 4.98 Å². The Morgan fingerprint density at radius 2 is 2.00 bits per heavy atom. The molecule has 6 heteroatoms. The van der Waals surface area contributed by atoms with Gasteiger partial charge in [0, 0.05) is 18.2 Å². The molecule has 0 saturated carbocycles. The van der Waals surface area contributed by atoms with Gasteiger partial charge in [0.2, 0.25) is 5.88 Å². The lowest BCUT2D eigenvalue weighted by Gasteiger charge is -2.12. The van der Waals surface area contributed by atoms with Gasteiger partial charge < -0.3 is 14.8 Å². The summed E-state index contributed by atoms with van der Waals surface area (Å²) in [6.45, 7) is -2.48. The maximum atomic E-state index is 12.3. The van der Waals surface area contributed by atoms with Crippen LogP contribution < -0.4 is 14.8 Å². The third-order valence-electron chi connectivity index (χ3n) is 2.62. The van der Waals surface area contributed by atoms with Crippen molar-refractivity contribution in [2.24, 2.45) is 0 Å². The van der Waals surface area contributed by atoms with E-state index in [4.69, 9.17) is 4.74 Å². The summed E-state index contributed by atoms with van der Waals surface area (Å²) in [7, 11) is 1.54. The number of nitrogens with zero attached hydrogens (tertiary/aromatic N) is 1. The highest BCUT2D eigenvalue weighted by molar-refractivity contribution is 5.44. The number of methoxy groups -OCH3 is 1. The molecule has 0 aliphatic heterocycles. The highest BCUT2D eigenvalue weighted by Gasteiger charge is 2.08. The molecule has 2 aromatic rings. The fourth-order valence-electron chi connectivity index (χ4n) is 1.66. The van der Waals surface area contributed by atoms with E-state index in [1.54, 1.807) is 36.5 Å². The fourth-order valence-corrected chi connectivity index (χ4v) is 1.66. The van der Waals surface area contributed by atoms with Gasteiger partial charge in [-0.05, 0) is 12.1 Å². The summed E-state index contributed by atoms with van der Waals surface area (Å²) in [4.78, 5) is 4.04. The Morgan fingerprint density at radius 3 is 2.65 bits per heavy atom. The number of nitrogens with one attached hydrogen (secondary N) is 1. The number of anilines is 1. The molecule has 1 aromatic heterocycles. The lowest BCUT2D eigenvalue weighted by Crippen LogP contribution is -2.07. The summed E-state index contributed by atoms with van der Waals surface area (Å²) < 4.78 is 34.0. The minimum Gasteiger partial charge on any atom is -0.481 e. The first kappa shape index (κ1) is 14.0. The van der Waals surface area contributed by atoms with Crippen LogP contribution in [0.25, 0.3) is 0 Å². The zero-order valence-corrected chi connectivity index (χ0v) is 10.8. The molecular formula is C14H14F2N2O2. The molecule has 4 nitrogen and oxygen atoms in total. The smallest absolute Gasteiger partial charge is 0.387 e. The van der Waals surface area contributed by atoms with E-state index in [9.17, 15) is 8.78 Å². The third kappa shape index (κ3) is 3.81. The Hall–Kier alpha value is -2.37. The van der Waals surface area contributed by atoms with Gasteiger partial charge >= 0.3 is 6.61 Å². The van der Waals surface area contributed by atoms with Crippen LogP contribution in [0.15, 0.2) is 42.6 Å². The highest BCUT2D eigenvalue weighted by atomic mass is 19.3. The van der Waals surface area contributed by atoms with Crippen molar-refractivity contribution in [3.05, 3.63) is 48.2 Å². The summed E-state index contributed by atoms with van der Waals surface area (Å²) in [5, 5.41) is 3.08.